The smallest absolute Gasteiger partial charge is 0.217 e. The van der Waals surface area contributed by atoms with Gasteiger partial charge >= 0.3 is 0 Å². The molecule has 0 unspecified atom stereocenters. The van der Waals surface area contributed by atoms with Crippen LogP contribution in [0.4, 0.5) is 0 Å². The number of hydrogen-bond donors (Lipinski definition) is 0. The lowest BCUT2D eigenvalue weighted by molar-refractivity contribution is -0.0819. The normalized spacial score (nSPS) is 11.0. The highest BCUT2D eigenvalue weighted by Gasteiger charge is 2.01. The zero-order chi connectivity index (χ0) is 9.23. The molecule has 12 heavy (non-hydrogen) atoms. The van der Waals surface area contributed by atoms with Gasteiger partial charge in [0.25, 0.3) is 0 Å². The molecule has 0 heterocycles. The summed E-state index contributed by atoms with van der Waals surface area (Å²) in [7, 11) is 0. The highest BCUT2D eigenvalue weighted by atomic mass is 32.1. The van der Waals surface area contributed by atoms with Gasteiger partial charge in [-0.3, -0.25) is 0 Å². The quantitative estimate of drug-likeness (QED) is 0.433. The monoisotopic (exact) mass is 191 g/mol. The Balaban J connectivity index is 3.04. The van der Waals surface area contributed by atoms with Crippen LogP contribution in [0.5, 0.6) is 0 Å². The Morgan fingerprint density at radius 3 is 1.75 bits per heavy atom. The van der Waals surface area contributed by atoms with E-state index in [-0.39, 0.29) is 0 Å². The summed E-state index contributed by atoms with van der Waals surface area (Å²) in [5.41, 5.74) is -0.442. The van der Waals surface area contributed by atoms with Crippen LogP contribution in [0.3, 0.4) is 0 Å². The maximum atomic E-state index is 5.22. The van der Waals surface area contributed by atoms with Gasteiger partial charge in [-0.2, -0.15) is 0 Å². The van der Waals surface area contributed by atoms with E-state index in [2.05, 4.69) is 13.8 Å². The lowest BCUT2D eigenvalue weighted by Gasteiger charge is -2.11. The molecule has 0 aliphatic carbocycles. The van der Waals surface area contributed by atoms with Crippen molar-refractivity contribution < 1.29 is 9.47 Å². The van der Waals surface area contributed by atoms with Crippen molar-refractivity contribution in [3.63, 3.8) is 0 Å². The number of unbranched alkanes of at least 4 members (excludes halogenated alkanes) is 2. The van der Waals surface area contributed by atoms with Gasteiger partial charge in [0.05, 0.1) is 13.2 Å². The Bertz CT molecular complexity index is 78.6. The minimum atomic E-state index is -0.442. The molecule has 0 amide bonds. The number of hydrogen-bond acceptors (Lipinski definition) is 2. The first-order valence-corrected chi connectivity index (χ1v) is 5.17. The van der Waals surface area contributed by atoms with Crippen LogP contribution >= 0.6 is 12.6 Å². The molecule has 2 nitrogen and oxygen atoms in total. The summed E-state index contributed by atoms with van der Waals surface area (Å²) in [5, 5.41) is 0. The molecule has 0 bridgehead atoms. The first-order valence-electron chi connectivity index (χ1n) is 4.70. The van der Waals surface area contributed by atoms with Crippen molar-refractivity contribution in [3.8, 4) is 0 Å². The van der Waals surface area contributed by atoms with E-state index < -0.39 is 5.62 Å². The van der Waals surface area contributed by atoms with E-state index in [4.69, 9.17) is 22.1 Å². The first kappa shape index (κ1) is 12.3. The van der Waals surface area contributed by atoms with Gasteiger partial charge < -0.3 is 9.47 Å². The molecule has 0 aliphatic rings. The van der Waals surface area contributed by atoms with E-state index in [1.165, 1.54) is 0 Å². The van der Waals surface area contributed by atoms with Crippen LogP contribution in [0.2, 0.25) is 0 Å². The Morgan fingerprint density at radius 1 is 1.00 bits per heavy atom. The molecule has 0 saturated carbocycles. The third kappa shape index (κ3) is 8.37. The van der Waals surface area contributed by atoms with Gasteiger partial charge in [0, 0.05) is 0 Å². The molecule has 0 rings (SSSR count). The van der Waals surface area contributed by atoms with Crippen molar-refractivity contribution in [2.24, 2.45) is 0 Å². The molecule has 0 atom stereocenters. The van der Waals surface area contributed by atoms with E-state index >= 15 is 0 Å². The molecule has 0 N–H and O–H groups in total. The second-order valence-electron chi connectivity index (χ2n) is 2.74. The fourth-order valence-electron chi connectivity index (χ4n) is 0.696. The van der Waals surface area contributed by atoms with Crippen LogP contribution in [-0.4, -0.2) is 18.8 Å². The Hall–Kier alpha value is 0.270. The summed E-state index contributed by atoms with van der Waals surface area (Å²) in [4.78, 5) is 0. The molecule has 0 saturated heterocycles. The molecule has 1 radical (unpaired) electrons. The van der Waals surface area contributed by atoms with Crippen LogP contribution in [0.1, 0.15) is 39.5 Å². The summed E-state index contributed by atoms with van der Waals surface area (Å²) < 4.78 is 10.4. The molecule has 0 aromatic carbocycles. The third-order valence-electron chi connectivity index (χ3n) is 1.50. The molecule has 0 aliphatic heterocycles. The molecular formula is C9H19O2S. The van der Waals surface area contributed by atoms with Crippen molar-refractivity contribution in [1.82, 2.24) is 0 Å². The largest absolute Gasteiger partial charge is 0.343 e. The first-order chi connectivity index (χ1) is 5.81. The van der Waals surface area contributed by atoms with Crippen molar-refractivity contribution >= 4 is 12.6 Å². The van der Waals surface area contributed by atoms with E-state index in [9.17, 15) is 0 Å². The van der Waals surface area contributed by atoms with E-state index in [0.717, 1.165) is 38.9 Å². The van der Waals surface area contributed by atoms with Gasteiger partial charge in [-0.1, -0.05) is 26.7 Å². The molecule has 3 heteroatoms. The SMILES string of the molecule is CCCCOC([S])OCCCC. The predicted octanol–water partition coefficient (Wildman–Crippen LogP) is 3.10. The molecular weight excluding hydrogens is 172 g/mol. The summed E-state index contributed by atoms with van der Waals surface area (Å²) >= 11 is 4.92. The molecule has 73 valence electrons. The maximum absolute atomic E-state index is 5.22. The Kier molecular flexibility index (Phi) is 9.57. The minimum Gasteiger partial charge on any atom is -0.343 e. The summed E-state index contributed by atoms with van der Waals surface area (Å²) in [6.45, 7) is 5.69. The number of rotatable bonds is 8. The van der Waals surface area contributed by atoms with Crippen LogP contribution in [0.25, 0.3) is 0 Å². The fourth-order valence-corrected chi connectivity index (χ4v) is 0.888. The Morgan fingerprint density at radius 2 is 1.42 bits per heavy atom. The second kappa shape index (κ2) is 9.36. The van der Waals surface area contributed by atoms with Gasteiger partial charge in [-0.05, 0) is 25.5 Å². The zero-order valence-corrected chi connectivity index (χ0v) is 8.86. The zero-order valence-electron chi connectivity index (χ0n) is 8.04. The minimum absolute atomic E-state index is 0.442. The van der Waals surface area contributed by atoms with Crippen molar-refractivity contribution in [1.29, 1.82) is 0 Å². The summed E-state index contributed by atoms with van der Waals surface area (Å²) in [6.07, 6.45) is 4.39. The van der Waals surface area contributed by atoms with Crippen LogP contribution < -0.4 is 0 Å². The second-order valence-corrected chi connectivity index (χ2v) is 3.12. The van der Waals surface area contributed by atoms with Crippen molar-refractivity contribution in [3.05, 3.63) is 0 Å². The van der Waals surface area contributed by atoms with Crippen LogP contribution in [0, 0.1) is 0 Å². The average Bonchev–Trinajstić information content (AvgIpc) is 2.06. The van der Waals surface area contributed by atoms with E-state index in [1.54, 1.807) is 0 Å². The van der Waals surface area contributed by atoms with Crippen molar-refractivity contribution in [2.75, 3.05) is 13.2 Å². The number of ether oxygens (including phenoxy) is 2. The summed E-state index contributed by atoms with van der Waals surface area (Å²) in [6, 6.07) is 0. The predicted molar refractivity (Wildman–Crippen MR) is 53.1 cm³/mol. The Labute approximate surface area is 81.0 Å². The van der Waals surface area contributed by atoms with Gasteiger partial charge in [0.15, 0.2) is 0 Å². The van der Waals surface area contributed by atoms with E-state index in [1.807, 2.05) is 0 Å². The van der Waals surface area contributed by atoms with Gasteiger partial charge in [-0.15, -0.1) is 0 Å². The van der Waals surface area contributed by atoms with Gasteiger partial charge in [-0.25, -0.2) is 0 Å². The lowest BCUT2D eigenvalue weighted by Crippen LogP contribution is -2.11. The third-order valence-corrected chi connectivity index (χ3v) is 1.78. The molecule has 0 spiro atoms. The highest BCUT2D eigenvalue weighted by Crippen LogP contribution is 2.03. The lowest BCUT2D eigenvalue weighted by atomic mass is 10.4. The average molecular weight is 191 g/mol. The van der Waals surface area contributed by atoms with Crippen LogP contribution in [0.15, 0.2) is 0 Å². The van der Waals surface area contributed by atoms with Crippen molar-refractivity contribution in [2.45, 2.75) is 45.2 Å². The molecule has 0 fully saturated rings. The maximum Gasteiger partial charge on any atom is 0.217 e. The van der Waals surface area contributed by atoms with Crippen LogP contribution in [-0.2, 0) is 9.47 Å². The fraction of sp³-hybridized carbons (Fsp3) is 1.00. The van der Waals surface area contributed by atoms with Gasteiger partial charge in [0.1, 0.15) is 0 Å². The van der Waals surface area contributed by atoms with Gasteiger partial charge in [0.2, 0.25) is 5.62 Å². The van der Waals surface area contributed by atoms with E-state index in [0.29, 0.717) is 0 Å². The molecule has 0 aromatic rings. The molecule has 0 aromatic heterocycles. The standard InChI is InChI=1S/C9H19O2S/c1-3-5-7-10-9(12)11-8-6-4-2/h9H,3-8H2,1-2H3. The topological polar surface area (TPSA) is 18.5 Å². The summed E-state index contributed by atoms with van der Waals surface area (Å²) in [5.74, 6) is 0. The highest BCUT2D eigenvalue weighted by molar-refractivity contribution is 7.80.